The molecule has 3 rings (SSSR count). The maximum atomic E-state index is 11.0. The highest BCUT2D eigenvalue weighted by atomic mass is 16.5. The van der Waals surface area contributed by atoms with E-state index < -0.39 is 19.2 Å². The molecule has 1 aromatic carbocycles. The average molecular weight is 341 g/mol. The molecular weight excluding hydrogens is 329 g/mol. The van der Waals surface area contributed by atoms with Crippen LogP contribution in [-0.4, -0.2) is 39.8 Å². The summed E-state index contributed by atoms with van der Waals surface area (Å²) in [6.45, 7) is -0.253. The number of benzene rings is 1. The van der Waals surface area contributed by atoms with Crippen molar-refractivity contribution in [3.05, 3.63) is 36.3 Å². The molecule has 0 bridgehead atoms. The Labute approximate surface area is 142 Å². The Morgan fingerprint density at radius 3 is 2.96 bits per heavy atom. The predicted molar refractivity (Wildman–Crippen MR) is 83.3 cm³/mol. The fourth-order valence-corrected chi connectivity index (χ4v) is 2.52. The van der Waals surface area contributed by atoms with E-state index in [1.54, 1.807) is 0 Å². The minimum atomic E-state index is -1.32. The van der Waals surface area contributed by atoms with Crippen molar-refractivity contribution in [1.82, 2.24) is 9.97 Å². The van der Waals surface area contributed by atoms with Crippen molar-refractivity contribution in [3.63, 3.8) is 0 Å². The minimum absolute atomic E-state index is 0.209. The first kappa shape index (κ1) is 16.7. The molecular formula is C15H12BN3O6. The van der Waals surface area contributed by atoms with E-state index in [-0.39, 0.29) is 30.4 Å². The Bertz CT molecular complexity index is 826. The highest BCUT2D eigenvalue weighted by Crippen LogP contribution is 2.37. The number of rotatable bonds is 6. The summed E-state index contributed by atoms with van der Waals surface area (Å²) in [6, 6.07) is 4.84. The summed E-state index contributed by atoms with van der Waals surface area (Å²) in [7, 11) is -1.32. The van der Waals surface area contributed by atoms with E-state index in [1.165, 1.54) is 30.7 Å². The first-order valence-corrected chi connectivity index (χ1v) is 7.25. The van der Waals surface area contributed by atoms with Crippen molar-refractivity contribution in [2.45, 2.75) is 12.5 Å². The third-order valence-corrected chi connectivity index (χ3v) is 3.44. The van der Waals surface area contributed by atoms with E-state index in [4.69, 9.17) is 24.5 Å². The van der Waals surface area contributed by atoms with Crippen LogP contribution >= 0.6 is 0 Å². The second kappa shape index (κ2) is 7.17. The van der Waals surface area contributed by atoms with E-state index in [1.807, 2.05) is 6.07 Å². The van der Waals surface area contributed by atoms with Crippen molar-refractivity contribution < 1.29 is 29.1 Å². The van der Waals surface area contributed by atoms with Crippen LogP contribution in [0, 0.1) is 11.3 Å². The minimum Gasteiger partial charge on any atom is -0.481 e. The molecule has 2 heterocycles. The second-order valence-electron chi connectivity index (χ2n) is 5.09. The van der Waals surface area contributed by atoms with Crippen LogP contribution in [0.4, 0.5) is 0 Å². The van der Waals surface area contributed by atoms with Gasteiger partial charge in [-0.15, -0.1) is 0 Å². The van der Waals surface area contributed by atoms with E-state index in [9.17, 15) is 9.82 Å². The van der Waals surface area contributed by atoms with Crippen molar-refractivity contribution >= 4 is 18.6 Å². The van der Waals surface area contributed by atoms with Crippen molar-refractivity contribution in [2.24, 2.45) is 0 Å². The fourth-order valence-electron chi connectivity index (χ4n) is 2.52. The molecule has 1 aliphatic rings. The van der Waals surface area contributed by atoms with Gasteiger partial charge in [0.1, 0.15) is 17.6 Å². The lowest BCUT2D eigenvalue weighted by molar-refractivity contribution is -0.138. The summed E-state index contributed by atoms with van der Waals surface area (Å²) < 4.78 is 16.2. The Morgan fingerprint density at radius 2 is 2.28 bits per heavy atom. The number of carboxylic acids is 1. The lowest BCUT2D eigenvalue weighted by Crippen LogP contribution is -2.28. The number of carboxylic acid groups (broad SMARTS) is 1. The Kier molecular flexibility index (Phi) is 4.79. The van der Waals surface area contributed by atoms with Crippen LogP contribution in [0.5, 0.6) is 17.4 Å². The lowest BCUT2D eigenvalue weighted by Gasteiger charge is -2.15. The molecule has 126 valence electrons. The molecule has 10 heteroatoms. The van der Waals surface area contributed by atoms with Gasteiger partial charge in [-0.25, -0.2) is 4.98 Å². The van der Waals surface area contributed by atoms with Crippen LogP contribution in [0.3, 0.4) is 0 Å². The van der Waals surface area contributed by atoms with Crippen LogP contribution in [0.15, 0.2) is 30.7 Å². The van der Waals surface area contributed by atoms with Gasteiger partial charge in [0.05, 0.1) is 18.7 Å². The summed E-state index contributed by atoms with van der Waals surface area (Å²) in [4.78, 5) is 18.9. The molecule has 9 nitrogen and oxygen atoms in total. The van der Waals surface area contributed by atoms with E-state index in [2.05, 4.69) is 9.97 Å². The summed E-state index contributed by atoms with van der Waals surface area (Å²) in [6.07, 6.45) is 3.12. The first-order chi connectivity index (χ1) is 12.1. The molecule has 2 aromatic rings. The zero-order valence-electron chi connectivity index (χ0n) is 12.8. The molecule has 1 atom stereocenters. The smallest absolute Gasteiger partial charge is 0.481 e. The molecule has 0 saturated carbocycles. The van der Waals surface area contributed by atoms with Crippen molar-refractivity contribution in [2.75, 3.05) is 6.61 Å². The molecule has 1 aliphatic heterocycles. The van der Waals surface area contributed by atoms with Gasteiger partial charge in [0.2, 0.25) is 5.88 Å². The lowest BCUT2D eigenvalue weighted by atomic mass is 9.78. The van der Waals surface area contributed by atoms with Crippen molar-refractivity contribution in [1.29, 1.82) is 5.26 Å². The van der Waals surface area contributed by atoms with Gasteiger partial charge < -0.3 is 24.3 Å². The number of aliphatic carboxylic acids is 1. The zero-order valence-corrected chi connectivity index (χ0v) is 12.8. The standard InChI is InChI=1S/C15H12BN3O6/c17-1-4-23-11-6-9(24-13-8-18-2-3-19-13)5-10-15(11)12(7-14(20)21)25-16(10)22/h2-3,5-6,8,12,22H,4,7H2,(H,20,21). The summed E-state index contributed by atoms with van der Waals surface area (Å²) in [5, 5.41) is 27.8. The third-order valence-electron chi connectivity index (χ3n) is 3.44. The third kappa shape index (κ3) is 3.68. The number of carbonyl (C=O) groups is 1. The summed E-state index contributed by atoms with van der Waals surface area (Å²) in [5.74, 6) is -0.369. The fraction of sp³-hybridized carbons (Fsp3) is 0.200. The molecule has 0 radical (unpaired) electrons. The van der Waals surface area contributed by atoms with E-state index in [0.29, 0.717) is 11.0 Å². The van der Waals surface area contributed by atoms with Gasteiger partial charge in [0.25, 0.3) is 0 Å². The quantitative estimate of drug-likeness (QED) is 0.716. The molecule has 2 N–H and O–H groups in total. The average Bonchev–Trinajstić information content (AvgIpc) is 2.89. The number of fused-ring (bicyclic) bond motifs is 1. The van der Waals surface area contributed by atoms with Crippen LogP contribution in [0.2, 0.25) is 0 Å². The second-order valence-corrected chi connectivity index (χ2v) is 5.09. The molecule has 1 unspecified atom stereocenters. The van der Waals surface area contributed by atoms with Gasteiger partial charge in [-0.2, -0.15) is 5.26 Å². The van der Waals surface area contributed by atoms with Crippen LogP contribution in [-0.2, 0) is 9.45 Å². The molecule has 25 heavy (non-hydrogen) atoms. The van der Waals surface area contributed by atoms with Crippen LogP contribution < -0.4 is 14.9 Å². The number of hydrogen-bond acceptors (Lipinski definition) is 8. The number of hydrogen-bond donors (Lipinski definition) is 2. The number of nitrogens with zero attached hydrogens (tertiary/aromatic N) is 3. The molecule has 0 spiro atoms. The number of ether oxygens (including phenoxy) is 2. The SMILES string of the molecule is N#CCOc1cc(Oc2cnccn2)cc2c1C(CC(=O)O)OB2O. The number of nitriles is 1. The molecule has 0 fully saturated rings. The summed E-state index contributed by atoms with van der Waals surface area (Å²) in [5.41, 5.74) is 0.706. The zero-order chi connectivity index (χ0) is 17.8. The predicted octanol–water partition coefficient (Wildman–Crippen LogP) is 0.405. The topological polar surface area (TPSA) is 135 Å². The number of aromatic nitrogens is 2. The monoisotopic (exact) mass is 341 g/mol. The van der Waals surface area contributed by atoms with Gasteiger partial charge >= 0.3 is 13.1 Å². The Morgan fingerprint density at radius 1 is 1.44 bits per heavy atom. The van der Waals surface area contributed by atoms with Crippen molar-refractivity contribution in [3.8, 4) is 23.4 Å². The highest BCUT2D eigenvalue weighted by molar-refractivity contribution is 6.62. The molecule has 0 aliphatic carbocycles. The van der Waals surface area contributed by atoms with Crippen LogP contribution in [0.1, 0.15) is 18.1 Å². The Hall–Kier alpha value is -3.16. The van der Waals surface area contributed by atoms with Gasteiger partial charge in [-0.1, -0.05) is 0 Å². The largest absolute Gasteiger partial charge is 0.492 e. The van der Waals surface area contributed by atoms with Gasteiger partial charge in [0.15, 0.2) is 6.61 Å². The van der Waals surface area contributed by atoms with Gasteiger partial charge in [0, 0.05) is 24.0 Å². The maximum absolute atomic E-state index is 11.0. The normalized spacial score (nSPS) is 15.4. The maximum Gasteiger partial charge on any atom is 0.492 e. The van der Waals surface area contributed by atoms with Gasteiger partial charge in [-0.05, 0) is 11.5 Å². The highest BCUT2D eigenvalue weighted by Gasteiger charge is 2.39. The molecule has 0 saturated heterocycles. The van der Waals surface area contributed by atoms with E-state index in [0.717, 1.165) is 0 Å². The Balaban J connectivity index is 1.99. The van der Waals surface area contributed by atoms with Gasteiger partial charge in [-0.3, -0.25) is 9.78 Å². The van der Waals surface area contributed by atoms with E-state index >= 15 is 0 Å². The molecule has 1 aromatic heterocycles. The summed E-state index contributed by atoms with van der Waals surface area (Å²) >= 11 is 0. The van der Waals surface area contributed by atoms with Crippen LogP contribution in [0.25, 0.3) is 0 Å². The first-order valence-electron chi connectivity index (χ1n) is 7.25. The molecule has 0 amide bonds.